The number of hydrogen-bond donors (Lipinski definition) is 0. The SMILES string of the molecule is O=C1C=C2SCCN12. The third kappa shape index (κ3) is 0.375. The molecule has 0 aromatic rings. The molecule has 2 nitrogen and oxygen atoms in total. The first-order chi connectivity index (χ1) is 3.88. The fourth-order valence-electron chi connectivity index (χ4n) is 0.885. The molecule has 0 bridgehead atoms. The van der Waals surface area contributed by atoms with Crippen LogP contribution in [0.4, 0.5) is 0 Å². The Kier molecular flexibility index (Phi) is 0.713. The van der Waals surface area contributed by atoms with Gasteiger partial charge in [-0.3, -0.25) is 4.79 Å². The fraction of sp³-hybridized carbons (Fsp3) is 0.400. The molecule has 0 saturated carbocycles. The molecule has 0 aromatic heterocycles. The fourth-order valence-corrected chi connectivity index (χ4v) is 1.89. The minimum absolute atomic E-state index is 0.185. The summed E-state index contributed by atoms with van der Waals surface area (Å²) >= 11 is 1.76. The van der Waals surface area contributed by atoms with Crippen molar-refractivity contribution in [2.24, 2.45) is 0 Å². The molecule has 2 rings (SSSR count). The molecule has 0 aliphatic carbocycles. The summed E-state index contributed by atoms with van der Waals surface area (Å²) in [5.74, 6) is 1.27. The van der Waals surface area contributed by atoms with Crippen molar-refractivity contribution in [3.05, 3.63) is 11.1 Å². The molecule has 0 aromatic carbocycles. The van der Waals surface area contributed by atoms with E-state index in [1.54, 1.807) is 17.8 Å². The lowest BCUT2D eigenvalue weighted by molar-refractivity contribution is -0.126. The summed E-state index contributed by atoms with van der Waals surface area (Å²) in [6.07, 6.45) is 1.69. The molecule has 0 atom stereocenters. The summed E-state index contributed by atoms with van der Waals surface area (Å²) in [4.78, 5) is 12.4. The third-order valence-corrected chi connectivity index (χ3v) is 2.36. The third-order valence-electron chi connectivity index (χ3n) is 1.34. The quantitative estimate of drug-likeness (QED) is 0.470. The van der Waals surface area contributed by atoms with Crippen LogP contribution >= 0.6 is 11.8 Å². The van der Waals surface area contributed by atoms with Gasteiger partial charge in [-0.25, -0.2) is 0 Å². The molecule has 2 aliphatic heterocycles. The number of carbonyl (C=O) groups excluding carboxylic acids is 1. The van der Waals surface area contributed by atoms with Crippen molar-refractivity contribution < 1.29 is 4.79 Å². The van der Waals surface area contributed by atoms with E-state index in [1.165, 1.54) is 0 Å². The molecular formula is C5H5NOS. The highest BCUT2D eigenvalue weighted by molar-refractivity contribution is 8.03. The van der Waals surface area contributed by atoms with Crippen LogP contribution in [-0.4, -0.2) is 23.1 Å². The zero-order valence-electron chi connectivity index (χ0n) is 4.26. The standard InChI is InChI=1S/C5H5NOS/c7-4-3-5-6(4)1-2-8-5/h3H,1-2H2. The Bertz CT molecular complexity index is 175. The number of hydrogen-bond acceptors (Lipinski definition) is 2. The smallest absolute Gasteiger partial charge is 0.254 e. The molecule has 0 N–H and O–H groups in total. The van der Waals surface area contributed by atoms with Gasteiger partial charge < -0.3 is 4.90 Å². The van der Waals surface area contributed by atoms with Gasteiger partial charge in [0.15, 0.2) is 0 Å². The van der Waals surface area contributed by atoms with Crippen LogP contribution in [0.1, 0.15) is 0 Å². The summed E-state index contributed by atoms with van der Waals surface area (Å²) in [5.41, 5.74) is 0. The van der Waals surface area contributed by atoms with E-state index >= 15 is 0 Å². The first kappa shape index (κ1) is 4.44. The maximum atomic E-state index is 10.5. The van der Waals surface area contributed by atoms with Crippen molar-refractivity contribution >= 4 is 17.7 Å². The van der Waals surface area contributed by atoms with Crippen LogP contribution in [0, 0.1) is 0 Å². The highest BCUT2D eigenvalue weighted by atomic mass is 32.2. The Morgan fingerprint density at radius 2 is 2.62 bits per heavy atom. The van der Waals surface area contributed by atoms with Gasteiger partial charge in [0.2, 0.25) is 0 Å². The van der Waals surface area contributed by atoms with E-state index < -0.39 is 0 Å². The number of fused-ring (bicyclic) bond motifs is 1. The molecule has 2 aliphatic rings. The van der Waals surface area contributed by atoms with Gasteiger partial charge >= 0.3 is 0 Å². The van der Waals surface area contributed by atoms with Crippen molar-refractivity contribution in [1.29, 1.82) is 0 Å². The van der Waals surface area contributed by atoms with Gasteiger partial charge in [0.05, 0.1) is 5.03 Å². The highest BCUT2D eigenvalue weighted by Gasteiger charge is 2.30. The molecule has 1 amide bonds. The second-order valence-corrected chi connectivity index (χ2v) is 2.94. The van der Waals surface area contributed by atoms with E-state index in [4.69, 9.17) is 0 Å². The second kappa shape index (κ2) is 1.29. The van der Waals surface area contributed by atoms with E-state index in [2.05, 4.69) is 0 Å². The van der Waals surface area contributed by atoms with Gasteiger partial charge in [-0.15, -0.1) is 11.8 Å². The highest BCUT2D eigenvalue weighted by Crippen LogP contribution is 2.33. The molecule has 8 heavy (non-hydrogen) atoms. The average Bonchev–Trinajstić information content (AvgIpc) is 2.09. The van der Waals surface area contributed by atoms with Gasteiger partial charge in [-0.2, -0.15) is 0 Å². The molecular weight excluding hydrogens is 122 g/mol. The maximum absolute atomic E-state index is 10.5. The maximum Gasteiger partial charge on any atom is 0.254 e. The van der Waals surface area contributed by atoms with Crippen LogP contribution in [0.3, 0.4) is 0 Å². The number of nitrogens with zero attached hydrogens (tertiary/aromatic N) is 1. The molecule has 0 spiro atoms. The van der Waals surface area contributed by atoms with Crippen LogP contribution < -0.4 is 0 Å². The molecule has 0 unspecified atom stereocenters. The minimum Gasteiger partial charge on any atom is -0.302 e. The molecule has 2 heterocycles. The molecule has 42 valence electrons. The van der Waals surface area contributed by atoms with Crippen molar-refractivity contribution in [2.45, 2.75) is 0 Å². The largest absolute Gasteiger partial charge is 0.302 e. The predicted octanol–water partition coefficient (Wildman–Crippen LogP) is 0.417. The molecule has 0 radical (unpaired) electrons. The average molecular weight is 127 g/mol. The lowest BCUT2D eigenvalue weighted by Gasteiger charge is -2.21. The van der Waals surface area contributed by atoms with E-state index in [9.17, 15) is 4.79 Å². The summed E-state index contributed by atoms with van der Waals surface area (Å²) in [6, 6.07) is 0. The summed E-state index contributed by atoms with van der Waals surface area (Å²) in [5, 5.41) is 1.16. The monoisotopic (exact) mass is 127 g/mol. The zero-order chi connectivity index (χ0) is 5.56. The lowest BCUT2D eigenvalue weighted by Crippen LogP contribution is -2.32. The van der Waals surface area contributed by atoms with Gasteiger partial charge in [0.1, 0.15) is 0 Å². The Hall–Kier alpha value is -0.440. The van der Waals surface area contributed by atoms with E-state index in [0.717, 1.165) is 17.3 Å². The Balaban J connectivity index is 2.32. The van der Waals surface area contributed by atoms with Crippen molar-refractivity contribution in [3.8, 4) is 0 Å². The van der Waals surface area contributed by atoms with Crippen molar-refractivity contribution in [1.82, 2.24) is 4.90 Å². The Morgan fingerprint density at radius 3 is 3.12 bits per heavy atom. The van der Waals surface area contributed by atoms with Gasteiger partial charge in [-0.05, 0) is 0 Å². The first-order valence-electron chi connectivity index (χ1n) is 2.54. The number of thioether (sulfide) groups is 1. The Labute approximate surface area is 51.5 Å². The van der Waals surface area contributed by atoms with Crippen LogP contribution in [0.5, 0.6) is 0 Å². The summed E-state index contributed by atoms with van der Waals surface area (Å²) in [7, 11) is 0. The van der Waals surface area contributed by atoms with Crippen LogP contribution in [0.25, 0.3) is 0 Å². The lowest BCUT2D eigenvalue weighted by atomic mass is 10.3. The van der Waals surface area contributed by atoms with Crippen molar-refractivity contribution in [3.63, 3.8) is 0 Å². The Morgan fingerprint density at radius 1 is 1.75 bits per heavy atom. The summed E-state index contributed by atoms with van der Waals surface area (Å²) < 4.78 is 0. The number of carbonyl (C=O) groups is 1. The van der Waals surface area contributed by atoms with E-state index in [1.807, 2.05) is 4.90 Å². The number of rotatable bonds is 0. The molecule has 1 saturated heterocycles. The first-order valence-corrected chi connectivity index (χ1v) is 3.52. The van der Waals surface area contributed by atoms with E-state index in [0.29, 0.717) is 0 Å². The van der Waals surface area contributed by atoms with Gasteiger partial charge in [0.25, 0.3) is 5.91 Å². The predicted molar refractivity (Wildman–Crippen MR) is 32.3 cm³/mol. The van der Waals surface area contributed by atoms with E-state index in [-0.39, 0.29) is 5.91 Å². The van der Waals surface area contributed by atoms with Crippen LogP contribution in [0.15, 0.2) is 11.1 Å². The van der Waals surface area contributed by atoms with Gasteiger partial charge in [0, 0.05) is 18.4 Å². The zero-order valence-corrected chi connectivity index (χ0v) is 5.07. The normalized spacial score (nSPS) is 24.8. The second-order valence-electron chi connectivity index (χ2n) is 1.82. The molecule has 3 heteroatoms. The molecule has 1 fully saturated rings. The topological polar surface area (TPSA) is 20.3 Å². The van der Waals surface area contributed by atoms with Gasteiger partial charge in [-0.1, -0.05) is 0 Å². The number of amides is 1. The minimum atomic E-state index is 0.185. The van der Waals surface area contributed by atoms with Crippen molar-refractivity contribution in [2.75, 3.05) is 12.3 Å². The van der Waals surface area contributed by atoms with Crippen LogP contribution in [-0.2, 0) is 4.79 Å². The summed E-state index contributed by atoms with van der Waals surface area (Å²) in [6.45, 7) is 0.926. The van der Waals surface area contributed by atoms with Crippen LogP contribution in [0.2, 0.25) is 0 Å².